The van der Waals surface area contributed by atoms with Crippen molar-refractivity contribution in [3.8, 4) is 44.5 Å². The maximum Gasteiger partial charge on any atom is 0.0272 e. The number of rotatable bonds is 3. The number of hydrogen-bond donors (Lipinski definition) is 0. The Morgan fingerprint density at radius 2 is 0.846 bits per heavy atom. The monoisotopic (exact) mass is 664 g/mol. The minimum Gasteiger partial charge on any atom is -0.0619 e. The molecular weight excluding hydrogens is 625 g/mol. The van der Waals surface area contributed by atoms with Gasteiger partial charge in [0.2, 0.25) is 0 Å². The number of hydrogen-bond acceptors (Lipinski definition) is 0. The molecule has 0 nitrogen and oxygen atoms in total. The van der Waals surface area contributed by atoms with Crippen LogP contribution in [-0.4, -0.2) is 0 Å². The van der Waals surface area contributed by atoms with Crippen LogP contribution in [0.2, 0.25) is 0 Å². The predicted octanol–water partition coefficient (Wildman–Crippen LogP) is 13.9. The highest BCUT2D eigenvalue weighted by Crippen LogP contribution is 2.69. The molecule has 0 aromatic heterocycles. The van der Waals surface area contributed by atoms with Crippen molar-refractivity contribution >= 4 is 32.3 Å². The molecule has 13 rings (SSSR count). The maximum absolute atomic E-state index is 2.62. The Bertz CT molecular complexity index is 2660. The van der Waals surface area contributed by atoms with E-state index < -0.39 is 0 Å². The van der Waals surface area contributed by atoms with Crippen LogP contribution in [0.25, 0.3) is 76.8 Å². The van der Waals surface area contributed by atoms with Crippen molar-refractivity contribution in [1.82, 2.24) is 0 Å². The van der Waals surface area contributed by atoms with E-state index in [0.29, 0.717) is 0 Å². The predicted molar refractivity (Wildman–Crippen MR) is 219 cm³/mol. The average Bonchev–Trinajstić information content (AvgIpc) is 3.48. The summed E-state index contributed by atoms with van der Waals surface area (Å²) >= 11 is 0. The molecule has 0 saturated heterocycles. The normalized spacial score (nSPS) is 23.8. The molecule has 5 aliphatic carbocycles. The third-order valence-corrected chi connectivity index (χ3v) is 14.0. The Morgan fingerprint density at radius 3 is 1.52 bits per heavy atom. The zero-order valence-corrected chi connectivity index (χ0v) is 29.4. The highest BCUT2D eigenvalue weighted by molar-refractivity contribution is 6.21. The van der Waals surface area contributed by atoms with Crippen LogP contribution in [0.4, 0.5) is 0 Å². The summed E-state index contributed by atoms with van der Waals surface area (Å²) in [7, 11) is 0. The van der Waals surface area contributed by atoms with Crippen LogP contribution >= 0.6 is 0 Å². The van der Waals surface area contributed by atoms with E-state index in [4.69, 9.17) is 0 Å². The third kappa shape index (κ3) is 3.93. The van der Waals surface area contributed by atoms with Crippen molar-refractivity contribution in [3.63, 3.8) is 0 Å². The fourth-order valence-electron chi connectivity index (χ4n) is 12.3. The fourth-order valence-corrected chi connectivity index (χ4v) is 12.3. The first-order valence-electron chi connectivity index (χ1n) is 19.5. The first-order valence-corrected chi connectivity index (χ1v) is 19.5. The molecule has 248 valence electrons. The van der Waals surface area contributed by atoms with Crippen LogP contribution in [0.5, 0.6) is 0 Å². The summed E-state index contributed by atoms with van der Waals surface area (Å²) in [6, 6.07) is 60.1. The third-order valence-electron chi connectivity index (χ3n) is 14.0. The molecule has 1 spiro atoms. The lowest BCUT2D eigenvalue weighted by molar-refractivity contribution is -0.0399. The second-order valence-electron chi connectivity index (χ2n) is 16.5. The van der Waals surface area contributed by atoms with E-state index in [-0.39, 0.29) is 5.41 Å². The second-order valence-corrected chi connectivity index (χ2v) is 16.5. The van der Waals surface area contributed by atoms with Crippen molar-refractivity contribution in [1.29, 1.82) is 0 Å². The van der Waals surface area contributed by atoms with E-state index in [1.54, 1.807) is 11.1 Å². The van der Waals surface area contributed by atoms with Crippen molar-refractivity contribution in [2.45, 2.75) is 37.5 Å². The first-order chi connectivity index (χ1) is 25.7. The van der Waals surface area contributed by atoms with Gasteiger partial charge in [-0.2, -0.15) is 0 Å². The van der Waals surface area contributed by atoms with Gasteiger partial charge < -0.3 is 0 Å². The Hall–Kier alpha value is -5.46. The largest absolute Gasteiger partial charge is 0.0619 e. The second kappa shape index (κ2) is 10.8. The topological polar surface area (TPSA) is 0 Å². The van der Waals surface area contributed by atoms with Crippen molar-refractivity contribution in [2.24, 2.45) is 23.7 Å². The molecule has 5 aliphatic rings. The molecule has 52 heavy (non-hydrogen) atoms. The molecule has 0 heteroatoms. The summed E-state index contributed by atoms with van der Waals surface area (Å²) in [4.78, 5) is 0. The van der Waals surface area contributed by atoms with E-state index in [9.17, 15) is 0 Å². The van der Waals surface area contributed by atoms with Crippen molar-refractivity contribution < 1.29 is 0 Å². The van der Waals surface area contributed by atoms with Crippen LogP contribution < -0.4 is 0 Å². The summed E-state index contributed by atoms with van der Waals surface area (Å²) in [5, 5.41) is 7.76. The molecule has 0 amide bonds. The van der Waals surface area contributed by atoms with E-state index in [2.05, 4.69) is 158 Å². The molecule has 0 atom stereocenters. The molecule has 4 bridgehead atoms. The Balaban J connectivity index is 0.995. The van der Waals surface area contributed by atoms with Gasteiger partial charge in [-0.15, -0.1) is 0 Å². The van der Waals surface area contributed by atoms with Gasteiger partial charge in [0, 0.05) is 5.41 Å². The van der Waals surface area contributed by atoms with Gasteiger partial charge in [-0.25, -0.2) is 0 Å². The van der Waals surface area contributed by atoms with Gasteiger partial charge in [0.1, 0.15) is 0 Å². The summed E-state index contributed by atoms with van der Waals surface area (Å²) < 4.78 is 0. The van der Waals surface area contributed by atoms with E-state index in [1.165, 1.54) is 109 Å². The van der Waals surface area contributed by atoms with Crippen LogP contribution in [-0.2, 0) is 5.41 Å². The Morgan fingerprint density at radius 1 is 0.346 bits per heavy atom. The Labute approximate surface area is 305 Å². The molecule has 0 radical (unpaired) electrons. The maximum atomic E-state index is 2.62. The van der Waals surface area contributed by atoms with Crippen LogP contribution in [0.15, 0.2) is 158 Å². The van der Waals surface area contributed by atoms with Gasteiger partial charge in [0.25, 0.3) is 0 Å². The molecular formula is C52H40. The van der Waals surface area contributed by atoms with Crippen molar-refractivity contribution in [2.75, 3.05) is 0 Å². The van der Waals surface area contributed by atoms with Gasteiger partial charge in [-0.05, 0) is 156 Å². The lowest BCUT2D eigenvalue weighted by atomic mass is 9.43. The zero-order valence-electron chi connectivity index (χ0n) is 29.4. The van der Waals surface area contributed by atoms with Crippen molar-refractivity contribution in [3.05, 3.63) is 169 Å². The SMILES string of the molecule is c1ccc2c(c1)-c1ccc(-c3ccc(-c4c5ccccc5c(-c5ccc6ccccc6c5)c5ccccc45)cc3)cc1C21C2CC3CC(C2)CC1C3. The summed E-state index contributed by atoms with van der Waals surface area (Å²) in [6.45, 7) is 0. The first kappa shape index (κ1) is 29.2. The molecule has 4 saturated carbocycles. The van der Waals surface area contributed by atoms with Crippen LogP contribution in [0.1, 0.15) is 43.2 Å². The quantitative estimate of drug-likeness (QED) is 0.165. The lowest BCUT2D eigenvalue weighted by Gasteiger charge is -2.61. The van der Waals surface area contributed by atoms with Gasteiger partial charge in [-0.1, -0.05) is 146 Å². The number of fused-ring (bicyclic) bond motifs is 6. The molecule has 4 fully saturated rings. The van der Waals surface area contributed by atoms with Crippen LogP contribution in [0.3, 0.4) is 0 Å². The van der Waals surface area contributed by atoms with Gasteiger partial charge in [-0.3, -0.25) is 0 Å². The minimum atomic E-state index is 0.194. The van der Waals surface area contributed by atoms with Gasteiger partial charge in [0.15, 0.2) is 0 Å². The average molecular weight is 665 g/mol. The van der Waals surface area contributed by atoms with Crippen LogP contribution in [0, 0.1) is 23.7 Å². The molecule has 0 heterocycles. The smallest absolute Gasteiger partial charge is 0.0272 e. The van der Waals surface area contributed by atoms with E-state index in [1.807, 2.05) is 0 Å². The summed E-state index contributed by atoms with van der Waals surface area (Å²) in [5.41, 5.74) is 14.3. The van der Waals surface area contributed by atoms with Gasteiger partial charge in [0.05, 0.1) is 0 Å². The van der Waals surface area contributed by atoms with E-state index >= 15 is 0 Å². The standard InChI is InChI=1S/C52H40/c1-2-10-37-30-39(22-19-34(37)9-1)51-46-14-5-3-12-44(46)50(45-13-4-6-15-47(45)51)36-20-17-35(18-21-36)38-23-24-43-42-11-7-8-16-48(42)52(49(43)31-38)40-26-32-25-33(28-40)29-41(52)27-32/h1-24,30-33,40-41H,25-29H2. The molecule has 0 aliphatic heterocycles. The molecule has 0 N–H and O–H groups in total. The Kier molecular flexibility index (Phi) is 6.04. The number of benzene rings is 8. The molecule has 8 aromatic rings. The molecule has 8 aromatic carbocycles. The lowest BCUT2D eigenvalue weighted by Crippen LogP contribution is -2.55. The molecule has 0 unspecified atom stereocenters. The summed E-state index contributed by atoms with van der Waals surface area (Å²) in [5.74, 6) is 3.47. The van der Waals surface area contributed by atoms with E-state index in [0.717, 1.165) is 23.7 Å². The fraction of sp³-hybridized carbons (Fsp3) is 0.192. The van der Waals surface area contributed by atoms with Gasteiger partial charge >= 0.3 is 0 Å². The highest BCUT2D eigenvalue weighted by Gasteiger charge is 2.61. The summed E-state index contributed by atoms with van der Waals surface area (Å²) in [6.07, 6.45) is 7.16. The zero-order chi connectivity index (χ0) is 34.0. The minimum absolute atomic E-state index is 0.194. The highest BCUT2D eigenvalue weighted by atomic mass is 14.6.